The number of alkyl halides is 3. The van der Waals surface area contributed by atoms with E-state index in [0.717, 1.165) is 4.90 Å². The summed E-state index contributed by atoms with van der Waals surface area (Å²) in [6.45, 7) is -1.18. The minimum Gasteiger partial charge on any atom is -0.481 e. The largest absolute Gasteiger partial charge is 0.481 e. The van der Waals surface area contributed by atoms with Crippen LogP contribution in [-0.2, 0) is 4.79 Å². The molecule has 0 bridgehead atoms. The van der Waals surface area contributed by atoms with E-state index in [0.29, 0.717) is 11.4 Å². The van der Waals surface area contributed by atoms with Gasteiger partial charge >= 0.3 is 18.2 Å². The molecule has 1 aliphatic rings. The number of likely N-dealkylation sites (tertiary alicyclic amines) is 1. The molecule has 2 aromatic rings. The molecule has 3 rings (SSSR count). The van der Waals surface area contributed by atoms with Gasteiger partial charge in [0.15, 0.2) is 0 Å². The first-order valence-corrected chi connectivity index (χ1v) is 8.27. The van der Waals surface area contributed by atoms with Crippen LogP contribution in [-0.4, -0.2) is 41.3 Å². The van der Waals surface area contributed by atoms with Crippen molar-refractivity contribution in [2.75, 3.05) is 18.0 Å². The van der Waals surface area contributed by atoms with Crippen LogP contribution in [0.3, 0.4) is 0 Å². The van der Waals surface area contributed by atoms with Gasteiger partial charge in [-0.1, -0.05) is 36.4 Å². The van der Waals surface area contributed by atoms with Gasteiger partial charge in [-0.25, -0.2) is 4.79 Å². The number of carbonyl (C=O) groups is 2. The fourth-order valence-corrected chi connectivity index (χ4v) is 3.21. The molecule has 2 aromatic carbocycles. The monoisotopic (exact) mass is 378 g/mol. The van der Waals surface area contributed by atoms with Crippen LogP contribution in [0.2, 0.25) is 0 Å². The molecule has 1 N–H and O–H groups in total. The second kappa shape index (κ2) is 7.30. The molecule has 1 saturated heterocycles. The Bertz CT molecular complexity index is 772. The highest BCUT2D eigenvalue weighted by Gasteiger charge is 2.54. The lowest BCUT2D eigenvalue weighted by molar-refractivity contribution is -0.187. The predicted octanol–water partition coefficient (Wildman–Crippen LogP) is 4.14. The highest BCUT2D eigenvalue weighted by molar-refractivity contribution is 5.99. The maximum atomic E-state index is 13.2. The molecule has 5 nitrogen and oxygen atoms in total. The number of carbonyl (C=O) groups excluding carboxylic acids is 1. The fraction of sp³-hybridized carbons (Fsp3) is 0.263. The molecular weight excluding hydrogens is 361 g/mol. The van der Waals surface area contributed by atoms with E-state index in [2.05, 4.69) is 0 Å². The van der Waals surface area contributed by atoms with Crippen molar-refractivity contribution in [3.05, 3.63) is 60.7 Å². The minimum absolute atomic E-state index is 0.482. The summed E-state index contributed by atoms with van der Waals surface area (Å²) in [6.07, 6.45) is -4.69. The quantitative estimate of drug-likeness (QED) is 0.873. The van der Waals surface area contributed by atoms with Gasteiger partial charge < -0.3 is 10.0 Å². The average Bonchev–Trinajstić information content (AvgIpc) is 3.10. The zero-order valence-electron chi connectivity index (χ0n) is 14.1. The van der Waals surface area contributed by atoms with Gasteiger partial charge in [-0.05, 0) is 24.3 Å². The molecule has 0 spiro atoms. The van der Waals surface area contributed by atoms with Gasteiger partial charge in [-0.15, -0.1) is 0 Å². The van der Waals surface area contributed by atoms with Crippen LogP contribution in [0.1, 0.15) is 0 Å². The van der Waals surface area contributed by atoms with Crippen molar-refractivity contribution in [2.24, 2.45) is 11.8 Å². The number of hydrogen-bond acceptors (Lipinski definition) is 2. The number of benzene rings is 2. The Balaban J connectivity index is 1.95. The number of nitrogens with zero attached hydrogens (tertiary/aromatic N) is 2. The first-order chi connectivity index (χ1) is 12.8. The standard InChI is InChI=1S/C19H17F3N2O3/c20-19(21,22)16-12-23(11-15(16)17(25)26)18(27)24(13-7-3-1-4-8-13)14-9-5-2-6-10-14/h1-10,15-16H,11-12H2,(H,25,26)/t15-,16-/m1/s1. The molecule has 0 radical (unpaired) electrons. The number of halogens is 3. The number of anilines is 2. The normalized spacial score (nSPS) is 19.7. The van der Waals surface area contributed by atoms with Crippen molar-refractivity contribution in [3.63, 3.8) is 0 Å². The van der Waals surface area contributed by atoms with E-state index in [1.165, 1.54) is 4.90 Å². The Morgan fingerprint density at radius 1 is 0.926 bits per heavy atom. The predicted molar refractivity (Wildman–Crippen MR) is 92.7 cm³/mol. The molecule has 2 atom stereocenters. The lowest BCUT2D eigenvalue weighted by Gasteiger charge is -2.28. The molecule has 1 fully saturated rings. The molecule has 0 aliphatic carbocycles. The molecule has 0 saturated carbocycles. The van der Waals surface area contributed by atoms with Crippen molar-refractivity contribution in [3.8, 4) is 0 Å². The number of aliphatic carboxylic acids is 1. The average molecular weight is 378 g/mol. The highest BCUT2D eigenvalue weighted by atomic mass is 19.4. The van der Waals surface area contributed by atoms with E-state index in [-0.39, 0.29) is 0 Å². The summed E-state index contributed by atoms with van der Waals surface area (Å²) in [5, 5.41) is 9.17. The third-order valence-electron chi connectivity index (χ3n) is 4.55. The third-order valence-corrected chi connectivity index (χ3v) is 4.55. The summed E-state index contributed by atoms with van der Waals surface area (Å²) >= 11 is 0. The number of carboxylic acid groups (broad SMARTS) is 1. The van der Waals surface area contributed by atoms with Gasteiger partial charge in [-0.3, -0.25) is 9.69 Å². The Morgan fingerprint density at radius 2 is 1.41 bits per heavy atom. The van der Waals surface area contributed by atoms with Crippen LogP contribution in [0.4, 0.5) is 29.3 Å². The number of para-hydroxylation sites is 2. The molecule has 0 unspecified atom stereocenters. The van der Waals surface area contributed by atoms with E-state index in [4.69, 9.17) is 5.11 Å². The van der Waals surface area contributed by atoms with Crippen LogP contribution >= 0.6 is 0 Å². The maximum Gasteiger partial charge on any atom is 0.394 e. The minimum atomic E-state index is -4.69. The zero-order chi connectivity index (χ0) is 19.6. The van der Waals surface area contributed by atoms with Crippen LogP contribution in [0.25, 0.3) is 0 Å². The molecule has 1 aliphatic heterocycles. The number of hydrogen-bond donors (Lipinski definition) is 1. The summed E-state index contributed by atoms with van der Waals surface area (Å²) in [5.41, 5.74) is 0.965. The van der Waals surface area contributed by atoms with E-state index in [1.807, 2.05) is 0 Å². The zero-order valence-corrected chi connectivity index (χ0v) is 14.1. The number of rotatable bonds is 3. The van der Waals surface area contributed by atoms with Crippen LogP contribution in [0.5, 0.6) is 0 Å². The SMILES string of the molecule is O=C(O)[C@@H]1CN(C(=O)N(c2ccccc2)c2ccccc2)C[C@H]1C(F)(F)F. The van der Waals surface area contributed by atoms with Gasteiger partial charge in [0.05, 0.1) is 23.2 Å². The van der Waals surface area contributed by atoms with Gasteiger partial charge in [0.2, 0.25) is 0 Å². The fourth-order valence-electron chi connectivity index (χ4n) is 3.21. The lowest BCUT2D eigenvalue weighted by atomic mass is 9.96. The highest BCUT2D eigenvalue weighted by Crippen LogP contribution is 2.39. The van der Waals surface area contributed by atoms with Crippen LogP contribution in [0.15, 0.2) is 60.7 Å². The first-order valence-electron chi connectivity index (χ1n) is 8.27. The van der Waals surface area contributed by atoms with Crippen molar-refractivity contribution < 1.29 is 27.9 Å². The number of amides is 2. The van der Waals surface area contributed by atoms with Gasteiger partial charge in [0, 0.05) is 13.1 Å². The lowest BCUT2D eigenvalue weighted by Crippen LogP contribution is -2.40. The van der Waals surface area contributed by atoms with Crippen molar-refractivity contribution >= 4 is 23.4 Å². The molecule has 27 heavy (non-hydrogen) atoms. The molecule has 1 heterocycles. The van der Waals surface area contributed by atoms with Crippen molar-refractivity contribution in [1.29, 1.82) is 0 Å². The van der Waals surface area contributed by atoms with E-state index in [1.54, 1.807) is 60.7 Å². The van der Waals surface area contributed by atoms with E-state index in [9.17, 15) is 22.8 Å². The molecule has 142 valence electrons. The van der Waals surface area contributed by atoms with Crippen LogP contribution in [0, 0.1) is 11.8 Å². The molecule has 8 heteroatoms. The van der Waals surface area contributed by atoms with Crippen LogP contribution < -0.4 is 4.90 Å². The van der Waals surface area contributed by atoms with Crippen molar-refractivity contribution in [1.82, 2.24) is 4.90 Å². The van der Waals surface area contributed by atoms with E-state index < -0.39 is 43.1 Å². The van der Waals surface area contributed by atoms with Gasteiger partial charge in [0.1, 0.15) is 0 Å². The second-order valence-corrected chi connectivity index (χ2v) is 6.29. The Hall–Kier alpha value is -3.03. The molecule has 0 aromatic heterocycles. The summed E-state index contributed by atoms with van der Waals surface area (Å²) < 4.78 is 39.7. The summed E-state index contributed by atoms with van der Waals surface area (Å²) in [6, 6.07) is 16.3. The molecule has 2 amide bonds. The smallest absolute Gasteiger partial charge is 0.394 e. The molecular formula is C19H17F3N2O3. The first kappa shape index (κ1) is 18.8. The Kier molecular flexibility index (Phi) is 5.07. The van der Waals surface area contributed by atoms with Gasteiger partial charge in [0.25, 0.3) is 0 Å². The topological polar surface area (TPSA) is 60.9 Å². The number of urea groups is 1. The maximum absolute atomic E-state index is 13.2. The third kappa shape index (κ3) is 3.89. The summed E-state index contributed by atoms with van der Waals surface area (Å²) in [7, 11) is 0. The Morgan fingerprint density at radius 3 is 1.78 bits per heavy atom. The summed E-state index contributed by atoms with van der Waals surface area (Å²) in [4.78, 5) is 26.6. The Labute approximate surface area is 153 Å². The summed E-state index contributed by atoms with van der Waals surface area (Å²) in [5.74, 6) is -5.33. The number of carboxylic acids is 1. The van der Waals surface area contributed by atoms with E-state index >= 15 is 0 Å². The van der Waals surface area contributed by atoms with Gasteiger partial charge in [-0.2, -0.15) is 13.2 Å². The second-order valence-electron chi connectivity index (χ2n) is 6.29. The van der Waals surface area contributed by atoms with Crippen molar-refractivity contribution in [2.45, 2.75) is 6.18 Å².